The molecule has 0 bridgehead atoms. The van der Waals surface area contributed by atoms with Crippen LogP contribution in [0.1, 0.15) is 52.4 Å². The summed E-state index contributed by atoms with van der Waals surface area (Å²) < 4.78 is 0. The van der Waals surface area contributed by atoms with Crippen molar-refractivity contribution in [1.82, 2.24) is 5.32 Å². The second-order valence-corrected chi connectivity index (χ2v) is 6.88. The summed E-state index contributed by atoms with van der Waals surface area (Å²) >= 11 is 0. The third-order valence-electron chi connectivity index (χ3n) is 4.91. The van der Waals surface area contributed by atoms with Gasteiger partial charge in [0.2, 0.25) is 5.91 Å². The van der Waals surface area contributed by atoms with Gasteiger partial charge in [0.05, 0.1) is 6.10 Å². The fourth-order valence-electron chi connectivity index (χ4n) is 3.23. The van der Waals surface area contributed by atoms with Gasteiger partial charge in [-0.05, 0) is 44.4 Å². The van der Waals surface area contributed by atoms with Crippen LogP contribution >= 0.6 is 0 Å². The van der Waals surface area contributed by atoms with Gasteiger partial charge in [-0.1, -0.05) is 13.8 Å². The van der Waals surface area contributed by atoms with E-state index < -0.39 is 0 Å². The van der Waals surface area contributed by atoms with E-state index in [2.05, 4.69) is 5.32 Å². The molecular weight excluding hydrogens is 240 g/mol. The Morgan fingerprint density at radius 1 is 1.32 bits per heavy atom. The molecule has 4 N–H and O–H groups in total. The van der Waals surface area contributed by atoms with Crippen molar-refractivity contribution in [2.75, 3.05) is 6.54 Å². The number of rotatable bonds is 5. The van der Waals surface area contributed by atoms with E-state index in [-0.39, 0.29) is 35.3 Å². The quantitative estimate of drug-likeness (QED) is 0.706. The molecule has 4 heteroatoms. The number of aliphatic hydroxyl groups excluding tert-OH is 1. The molecule has 0 radical (unpaired) electrons. The Bertz CT molecular complexity index is 318. The molecule has 110 valence electrons. The molecule has 1 unspecified atom stereocenters. The lowest BCUT2D eigenvalue weighted by atomic mass is 9.85. The fraction of sp³-hybridized carbons (Fsp3) is 0.933. The standard InChI is InChI=1S/C15H28N2O2/c1-10(2)13(18)15(7-8-15)9-17-14(19)11-3-5-12(16)6-4-11/h10-13,18H,3-9,16H2,1-2H3,(H,17,19). The number of hydrogen-bond acceptors (Lipinski definition) is 3. The Balaban J connectivity index is 1.78. The van der Waals surface area contributed by atoms with Crippen molar-refractivity contribution in [3.05, 3.63) is 0 Å². The van der Waals surface area contributed by atoms with Gasteiger partial charge in [0.25, 0.3) is 0 Å². The van der Waals surface area contributed by atoms with E-state index in [1.165, 1.54) is 0 Å². The van der Waals surface area contributed by atoms with E-state index in [1.807, 2.05) is 13.8 Å². The highest BCUT2D eigenvalue weighted by molar-refractivity contribution is 5.78. The van der Waals surface area contributed by atoms with Crippen LogP contribution in [0.2, 0.25) is 0 Å². The molecule has 0 heterocycles. The third kappa shape index (κ3) is 3.48. The summed E-state index contributed by atoms with van der Waals surface area (Å²) in [5.74, 6) is 0.549. The van der Waals surface area contributed by atoms with Crippen molar-refractivity contribution in [3.8, 4) is 0 Å². The first-order valence-electron chi connectivity index (χ1n) is 7.66. The normalized spacial score (nSPS) is 31.0. The van der Waals surface area contributed by atoms with E-state index in [9.17, 15) is 9.90 Å². The van der Waals surface area contributed by atoms with Gasteiger partial charge in [-0.2, -0.15) is 0 Å². The van der Waals surface area contributed by atoms with Gasteiger partial charge in [-0.25, -0.2) is 0 Å². The largest absolute Gasteiger partial charge is 0.392 e. The number of nitrogens with two attached hydrogens (primary N) is 1. The molecule has 2 aliphatic rings. The maximum atomic E-state index is 12.1. The number of hydrogen-bond donors (Lipinski definition) is 3. The Morgan fingerprint density at radius 3 is 2.37 bits per heavy atom. The Labute approximate surface area is 116 Å². The predicted molar refractivity (Wildman–Crippen MR) is 75.5 cm³/mol. The van der Waals surface area contributed by atoms with Crippen molar-refractivity contribution >= 4 is 5.91 Å². The molecule has 0 aromatic carbocycles. The number of nitrogens with one attached hydrogen (secondary N) is 1. The van der Waals surface area contributed by atoms with E-state index in [0.717, 1.165) is 38.5 Å². The van der Waals surface area contributed by atoms with Crippen molar-refractivity contribution in [1.29, 1.82) is 0 Å². The molecule has 0 aliphatic heterocycles. The number of carbonyl (C=O) groups excluding carboxylic acids is 1. The minimum Gasteiger partial charge on any atom is -0.392 e. The summed E-state index contributed by atoms with van der Waals surface area (Å²) in [7, 11) is 0. The zero-order valence-corrected chi connectivity index (χ0v) is 12.2. The second kappa shape index (κ2) is 5.80. The lowest BCUT2D eigenvalue weighted by Gasteiger charge is -2.28. The zero-order chi connectivity index (χ0) is 14.0. The van der Waals surface area contributed by atoms with Crippen LogP contribution < -0.4 is 11.1 Å². The summed E-state index contributed by atoms with van der Waals surface area (Å²) in [4.78, 5) is 12.1. The summed E-state index contributed by atoms with van der Waals surface area (Å²) in [6.07, 6.45) is 5.49. The van der Waals surface area contributed by atoms with Crippen molar-refractivity contribution in [2.24, 2.45) is 23.0 Å². The average molecular weight is 268 g/mol. The zero-order valence-electron chi connectivity index (χ0n) is 12.2. The van der Waals surface area contributed by atoms with Crippen LogP contribution in [0.3, 0.4) is 0 Å². The highest BCUT2D eigenvalue weighted by Gasteiger charge is 2.50. The monoisotopic (exact) mass is 268 g/mol. The molecule has 0 aromatic heterocycles. The Hall–Kier alpha value is -0.610. The topological polar surface area (TPSA) is 75.3 Å². The highest BCUT2D eigenvalue weighted by atomic mass is 16.3. The van der Waals surface area contributed by atoms with E-state index in [4.69, 9.17) is 5.73 Å². The first-order valence-corrected chi connectivity index (χ1v) is 7.66. The minimum absolute atomic E-state index is 0.0467. The SMILES string of the molecule is CC(C)C(O)C1(CNC(=O)C2CCC(N)CC2)CC1. The smallest absolute Gasteiger partial charge is 0.223 e. The first kappa shape index (κ1) is 14.8. The lowest BCUT2D eigenvalue weighted by molar-refractivity contribution is -0.126. The molecule has 2 saturated carbocycles. The van der Waals surface area contributed by atoms with Crippen LogP contribution in [0.15, 0.2) is 0 Å². The first-order chi connectivity index (χ1) is 8.94. The van der Waals surface area contributed by atoms with Gasteiger partial charge in [0.15, 0.2) is 0 Å². The van der Waals surface area contributed by atoms with Crippen LogP contribution in [0.5, 0.6) is 0 Å². The van der Waals surface area contributed by atoms with Crippen LogP contribution in [-0.4, -0.2) is 29.7 Å². The highest BCUT2D eigenvalue weighted by Crippen LogP contribution is 2.50. The molecule has 19 heavy (non-hydrogen) atoms. The molecule has 2 aliphatic carbocycles. The number of amides is 1. The van der Waals surface area contributed by atoms with E-state index >= 15 is 0 Å². The maximum absolute atomic E-state index is 12.1. The third-order valence-corrected chi connectivity index (χ3v) is 4.91. The van der Waals surface area contributed by atoms with Crippen molar-refractivity contribution < 1.29 is 9.90 Å². The second-order valence-electron chi connectivity index (χ2n) is 6.88. The molecule has 4 nitrogen and oxygen atoms in total. The summed E-state index contributed by atoms with van der Waals surface area (Å²) in [6, 6.07) is 0.279. The van der Waals surface area contributed by atoms with Gasteiger partial charge >= 0.3 is 0 Å². The van der Waals surface area contributed by atoms with E-state index in [0.29, 0.717) is 6.54 Å². The van der Waals surface area contributed by atoms with E-state index in [1.54, 1.807) is 0 Å². The molecule has 0 spiro atoms. The molecule has 0 saturated heterocycles. The summed E-state index contributed by atoms with van der Waals surface area (Å²) in [5.41, 5.74) is 5.81. The van der Waals surface area contributed by atoms with Gasteiger partial charge in [-0.15, -0.1) is 0 Å². The average Bonchev–Trinajstić information content (AvgIpc) is 3.17. The molecule has 2 fully saturated rings. The minimum atomic E-state index is -0.299. The molecule has 1 amide bonds. The Kier molecular flexibility index (Phi) is 4.51. The molecule has 1 atom stereocenters. The molecular formula is C15H28N2O2. The van der Waals surface area contributed by atoms with Gasteiger partial charge in [-0.3, -0.25) is 4.79 Å². The van der Waals surface area contributed by atoms with Crippen LogP contribution in [0, 0.1) is 17.3 Å². The summed E-state index contributed by atoms with van der Waals surface area (Å²) in [6.45, 7) is 4.71. The maximum Gasteiger partial charge on any atom is 0.223 e. The van der Waals surface area contributed by atoms with Crippen LogP contribution in [0.4, 0.5) is 0 Å². The lowest BCUT2D eigenvalue weighted by Crippen LogP contribution is -2.42. The van der Waals surface area contributed by atoms with Crippen molar-refractivity contribution in [2.45, 2.75) is 64.5 Å². The molecule has 0 aromatic rings. The van der Waals surface area contributed by atoms with Crippen LogP contribution in [-0.2, 0) is 4.79 Å². The molecule has 2 rings (SSSR count). The number of aliphatic hydroxyl groups is 1. The predicted octanol–water partition coefficient (Wildman–Crippen LogP) is 1.42. The fourth-order valence-corrected chi connectivity index (χ4v) is 3.23. The van der Waals surface area contributed by atoms with Gasteiger partial charge in [0.1, 0.15) is 0 Å². The van der Waals surface area contributed by atoms with Crippen LogP contribution in [0.25, 0.3) is 0 Å². The summed E-state index contributed by atoms with van der Waals surface area (Å²) in [5, 5.41) is 13.3. The van der Waals surface area contributed by atoms with Gasteiger partial charge < -0.3 is 16.2 Å². The number of carbonyl (C=O) groups is 1. The van der Waals surface area contributed by atoms with Gasteiger partial charge in [0, 0.05) is 23.9 Å². The Morgan fingerprint density at radius 2 is 1.89 bits per heavy atom. The van der Waals surface area contributed by atoms with Crippen molar-refractivity contribution in [3.63, 3.8) is 0 Å².